The van der Waals surface area contributed by atoms with Crippen molar-refractivity contribution in [3.63, 3.8) is 0 Å². The van der Waals surface area contributed by atoms with Gasteiger partial charge in [0.1, 0.15) is 5.82 Å². The summed E-state index contributed by atoms with van der Waals surface area (Å²) in [6, 6.07) is 4.63. The van der Waals surface area contributed by atoms with E-state index in [0.717, 1.165) is 13.0 Å². The van der Waals surface area contributed by atoms with Gasteiger partial charge in [-0.3, -0.25) is 4.79 Å². The first kappa shape index (κ1) is 15.9. The second-order valence-electron chi connectivity index (χ2n) is 4.74. The van der Waals surface area contributed by atoms with E-state index < -0.39 is 5.97 Å². The van der Waals surface area contributed by atoms with Crippen molar-refractivity contribution in [1.82, 2.24) is 5.32 Å². The number of hydrogen-bond donors (Lipinski definition) is 2. The van der Waals surface area contributed by atoms with Gasteiger partial charge in [0.2, 0.25) is 0 Å². The van der Waals surface area contributed by atoms with Gasteiger partial charge in [-0.1, -0.05) is 24.6 Å². The molecule has 1 atom stereocenters. The van der Waals surface area contributed by atoms with Crippen LogP contribution >= 0.6 is 11.6 Å². The fourth-order valence-corrected chi connectivity index (χ4v) is 1.91. The minimum absolute atomic E-state index is 0.201. The highest BCUT2D eigenvalue weighted by Gasteiger charge is 2.06. The number of carboxylic acids is 1. The van der Waals surface area contributed by atoms with Gasteiger partial charge in [0.25, 0.3) is 0 Å². The normalized spacial score (nSPS) is 12.4. The second kappa shape index (κ2) is 8.12. The molecule has 5 heteroatoms. The van der Waals surface area contributed by atoms with Crippen molar-refractivity contribution in [3.05, 3.63) is 34.6 Å². The number of carboxylic acid groups (broad SMARTS) is 1. The third-order valence-corrected chi connectivity index (χ3v) is 3.23. The van der Waals surface area contributed by atoms with Gasteiger partial charge >= 0.3 is 5.97 Å². The standard InChI is InChI=1S/C14H19ClFNO2/c1-10(2-5-14(18)19)6-7-17-9-11-3-4-12(15)8-13(11)16/h3-4,8,10,17H,2,5-7,9H2,1H3,(H,18,19). The lowest BCUT2D eigenvalue weighted by atomic mass is 10.0. The monoisotopic (exact) mass is 287 g/mol. The predicted molar refractivity (Wildman–Crippen MR) is 73.8 cm³/mol. The number of aliphatic carboxylic acids is 1. The van der Waals surface area contributed by atoms with Crippen LogP contribution in [-0.4, -0.2) is 17.6 Å². The van der Waals surface area contributed by atoms with E-state index in [-0.39, 0.29) is 12.2 Å². The van der Waals surface area contributed by atoms with Crippen molar-refractivity contribution in [3.8, 4) is 0 Å². The van der Waals surface area contributed by atoms with E-state index >= 15 is 0 Å². The number of hydrogen-bond acceptors (Lipinski definition) is 2. The van der Waals surface area contributed by atoms with Crippen molar-refractivity contribution < 1.29 is 14.3 Å². The van der Waals surface area contributed by atoms with Gasteiger partial charge in [-0.25, -0.2) is 4.39 Å². The largest absolute Gasteiger partial charge is 0.481 e. The minimum Gasteiger partial charge on any atom is -0.481 e. The minimum atomic E-state index is -0.761. The molecule has 3 nitrogen and oxygen atoms in total. The van der Waals surface area contributed by atoms with Gasteiger partial charge in [0, 0.05) is 23.6 Å². The summed E-state index contributed by atoms with van der Waals surface area (Å²) in [7, 11) is 0. The first-order chi connectivity index (χ1) is 8.99. The van der Waals surface area contributed by atoms with E-state index in [2.05, 4.69) is 5.32 Å². The molecule has 1 aromatic carbocycles. The third kappa shape index (κ3) is 6.55. The van der Waals surface area contributed by atoms with Gasteiger partial charge in [-0.15, -0.1) is 0 Å². The Hall–Kier alpha value is -1.13. The quantitative estimate of drug-likeness (QED) is 0.720. The highest BCUT2D eigenvalue weighted by atomic mass is 35.5. The van der Waals surface area contributed by atoms with Crippen LogP contribution in [0.5, 0.6) is 0 Å². The summed E-state index contributed by atoms with van der Waals surface area (Å²) in [6.07, 6.45) is 1.75. The van der Waals surface area contributed by atoms with Crippen LogP contribution in [0.25, 0.3) is 0 Å². The van der Waals surface area contributed by atoms with E-state index in [4.69, 9.17) is 16.7 Å². The van der Waals surface area contributed by atoms with Crippen molar-refractivity contribution in [2.45, 2.75) is 32.7 Å². The number of benzene rings is 1. The van der Waals surface area contributed by atoms with Crippen LogP contribution in [-0.2, 0) is 11.3 Å². The highest BCUT2D eigenvalue weighted by Crippen LogP contribution is 2.14. The maximum atomic E-state index is 13.5. The predicted octanol–water partition coefficient (Wildman–Crippen LogP) is 3.46. The average Bonchev–Trinajstić information content (AvgIpc) is 2.34. The number of carbonyl (C=O) groups is 1. The van der Waals surface area contributed by atoms with E-state index in [1.165, 1.54) is 6.07 Å². The fourth-order valence-electron chi connectivity index (χ4n) is 1.75. The smallest absolute Gasteiger partial charge is 0.303 e. The molecule has 0 bridgehead atoms. The van der Waals surface area contributed by atoms with Crippen LogP contribution in [0.2, 0.25) is 5.02 Å². The summed E-state index contributed by atoms with van der Waals surface area (Å²) in [4.78, 5) is 10.4. The number of halogens is 2. The fraction of sp³-hybridized carbons (Fsp3) is 0.500. The van der Waals surface area contributed by atoms with E-state index in [1.54, 1.807) is 12.1 Å². The van der Waals surface area contributed by atoms with Crippen molar-refractivity contribution in [2.75, 3.05) is 6.54 Å². The zero-order chi connectivity index (χ0) is 14.3. The first-order valence-corrected chi connectivity index (χ1v) is 6.73. The van der Waals surface area contributed by atoms with Gasteiger partial charge in [-0.05, 0) is 37.4 Å². The molecule has 0 aliphatic rings. The summed E-state index contributed by atoms with van der Waals surface area (Å²) < 4.78 is 13.5. The Kier molecular flexibility index (Phi) is 6.81. The Labute approximate surface area is 117 Å². The molecule has 106 valence electrons. The molecule has 0 aliphatic carbocycles. The maximum absolute atomic E-state index is 13.5. The second-order valence-corrected chi connectivity index (χ2v) is 5.18. The zero-order valence-electron chi connectivity index (χ0n) is 11.0. The molecule has 2 N–H and O–H groups in total. The lowest BCUT2D eigenvalue weighted by Crippen LogP contribution is -2.18. The Morgan fingerprint density at radius 2 is 2.21 bits per heavy atom. The van der Waals surface area contributed by atoms with Crippen LogP contribution in [0.3, 0.4) is 0 Å². The molecule has 0 spiro atoms. The summed E-state index contributed by atoms with van der Waals surface area (Å²) in [5.41, 5.74) is 0.586. The van der Waals surface area contributed by atoms with Gasteiger partial charge in [0.05, 0.1) is 0 Å². The lowest BCUT2D eigenvalue weighted by Gasteiger charge is -2.11. The highest BCUT2D eigenvalue weighted by molar-refractivity contribution is 6.30. The van der Waals surface area contributed by atoms with Gasteiger partial charge < -0.3 is 10.4 Å². The topological polar surface area (TPSA) is 49.3 Å². The molecule has 0 aromatic heterocycles. The molecule has 1 aromatic rings. The molecule has 0 heterocycles. The van der Waals surface area contributed by atoms with Crippen LogP contribution in [0, 0.1) is 11.7 Å². The van der Waals surface area contributed by atoms with Crippen LogP contribution in [0.4, 0.5) is 4.39 Å². The molecular formula is C14H19ClFNO2. The number of nitrogens with one attached hydrogen (secondary N) is 1. The molecule has 1 rings (SSSR count). The molecule has 0 amide bonds. The Morgan fingerprint density at radius 1 is 1.47 bits per heavy atom. The summed E-state index contributed by atoms with van der Waals surface area (Å²) in [6.45, 7) is 3.21. The average molecular weight is 288 g/mol. The molecule has 0 radical (unpaired) electrons. The zero-order valence-corrected chi connectivity index (χ0v) is 11.7. The maximum Gasteiger partial charge on any atom is 0.303 e. The molecular weight excluding hydrogens is 269 g/mol. The van der Waals surface area contributed by atoms with Crippen molar-refractivity contribution in [1.29, 1.82) is 0 Å². The van der Waals surface area contributed by atoms with Crippen LogP contribution < -0.4 is 5.32 Å². The van der Waals surface area contributed by atoms with Crippen LogP contribution in [0.15, 0.2) is 18.2 Å². The van der Waals surface area contributed by atoms with Crippen molar-refractivity contribution >= 4 is 17.6 Å². The Balaban J connectivity index is 2.21. The number of rotatable bonds is 8. The molecule has 0 saturated carbocycles. The Bertz CT molecular complexity index is 426. The molecule has 1 unspecified atom stereocenters. The molecule has 0 saturated heterocycles. The van der Waals surface area contributed by atoms with E-state index in [1.807, 2.05) is 6.92 Å². The van der Waals surface area contributed by atoms with Crippen molar-refractivity contribution in [2.24, 2.45) is 5.92 Å². The van der Waals surface area contributed by atoms with Gasteiger partial charge in [-0.2, -0.15) is 0 Å². The molecule has 0 fully saturated rings. The summed E-state index contributed by atoms with van der Waals surface area (Å²) in [5, 5.41) is 12.1. The van der Waals surface area contributed by atoms with Gasteiger partial charge in [0.15, 0.2) is 0 Å². The molecule has 0 aliphatic heterocycles. The van der Waals surface area contributed by atoms with E-state index in [9.17, 15) is 9.18 Å². The third-order valence-electron chi connectivity index (χ3n) is 3.00. The van der Waals surface area contributed by atoms with Crippen LogP contribution in [0.1, 0.15) is 31.7 Å². The van der Waals surface area contributed by atoms with E-state index in [0.29, 0.717) is 29.5 Å². The SMILES string of the molecule is CC(CCNCc1ccc(Cl)cc1F)CCC(=O)O. The first-order valence-electron chi connectivity index (χ1n) is 6.35. The summed E-state index contributed by atoms with van der Waals surface area (Å²) in [5.74, 6) is -0.722. The summed E-state index contributed by atoms with van der Waals surface area (Å²) >= 11 is 5.67. The molecule has 19 heavy (non-hydrogen) atoms. The lowest BCUT2D eigenvalue weighted by molar-refractivity contribution is -0.137. The Morgan fingerprint density at radius 3 is 2.84 bits per heavy atom.